The Labute approximate surface area is 83.3 Å². The summed E-state index contributed by atoms with van der Waals surface area (Å²) in [6, 6.07) is 3.52. The van der Waals surface area contributed by atoms with Gasteiger partial charge in [-0.2, -0.15) is 0 Å². The molecule has 1 saturated carbocycles. The number of rotatable bonds is 3. The zero-order chi connectivity index (χ0) is 9.97. The maximum absolute atomic E-state index is 11.8. The van der Waals surface area contributed by atoms with Gasteiger partial charge in [0, 0.05) is 5.92 Å². The Bertz CT molecular complexity index is 324. The Morgan fingerprint density at radius 3 is 2.71 bits per heavy atom. The molecule has 0 spiro atoms. The fraction of sp³-hybridized carbons (Fsp3) is 0.545. The highest BCUT2D eigenvalue weighted by Crippen LogP contribution is 2.28. The Hall–Kier alpha value is -1.09. The van der Waals surface area contributed by atoms with E-state index in [-0.39, 0.29) is 11.7 Å². The van der Waals surface area contributed by atoms with Crippen LogP contribution in [0.4, 0.5) is 0 Å². The molecule has 0 radical (unpaired) electrons. The van der Waals surface area contributed by atoms with Crippen LogP contribution in [0, 0.1) is 5.92 Å². The van der Waals surface area contributed by atoms with Gasteiger partial charge in [0.2, 0.25) is 5.78 Å². The first-order valence-corrected chi connectivity index (χ1v) is 5.14. The number of nitrogens with two attached hydrogens (primary N) is 1. The van der Waals surface area contributed by atoms with Crippen LogP contribution in [0.15, 0.2) is 16.5 Å². The number of hydrogen-bond acceptors (Lipinski definition) is 3. The monoisotopic (exact) mass is 193 g/mol. The third-order valence-corrected chi connectivity index (χ3v) is 2.83. The van der Waals surface area contributed by atoms with Gasteiger partial charge in [-0.3, -0.25) is 4.79 Å². The van der Waals surface area contributed by atoms with Gasteiger partial charge in [0.25, 0.3) is 0 Å². The Morgan fingerprint density at radius 2 is 2.14 bits per heavy atom. The molecule has 0 atom stereocenters. The van der Waals surface area contributed by atoms with Crippen molar-refractivity contribution in [2.24, 2.45) is 11.7 Å². The van der Waals surface area contributed by atoms with Crippen molar-refractivity contribution in [1.29, 1.82) is 0 Å². The SMILES string of the molecule is NCc1ccc(C(=O)C2CCCC2)o1. The summed E-state index contributed by atoms with van der Waals surface area (Å²) >= 11 is 0. The van der Waals surface area contributed by atoms with Gasteiger partial charge in [-0.25, -0.2) is 0 Å². The second kappa shape index (κ2) is 3.96. The van der Waals surface area contributed by atoms with Crippen molar-refractivity contribution in [2.75, 3.05) is 0 Å². The van der Waals surface area contributed by atoms with Crippen LogP contribution in [0.5, 0.6) is 0 Å². The van der Waals surface area contributed by atoms with Gasteiger partial charge in [0.1, 0.15) is 5.76 Å². The van der Waals surface area contributed by atoms with Crippen LogP contribution < -0.4 is 5.73 Å². The van der Waals surface area contributed by atoms with Crippen LogP contribution >= 0.6 is 0 Å². The van der Waals surface area contributed by atoms with Crippen molar-refractivity contribution in [3.05, 3.63) is 23.7 Å². The Morgan fingerprint density at radius 1 is 1.43 bits per heavy atom. The minimum atomic E-state index is 0.155. The lowest BCUT2D eigenvalue weighted by molar-refractivity contribution is 0.0892. The summed E-state index contributed by atoms with van der Waals surface area (Å²) in [5.74, 6) is 1.51. The van der Waals surface area contributed by atoms with Gasteiger partial charge in [-0.05, 0) is 25.0 Å². The highest BCUT2D eigenvalue weighted by molar-refractivity contribution is 5.95. The number of carbonyl (C=O) groups is 1. The summed E-state index contributed by atoms with van der Waals surface area (Å²) in [6.07, 6.45) is 4.36. The summed E-state index contributed by atoms with van der Waals surface area (Å²) in [7, 11) is 0. The molecule has 2 N–H and O–H groups in total. The van der Waals surface area contributed by atoms with Crippen molar-refractivity contribution in [3.63, 3.8) is 0 Å². The highest BCUT2D eigenvalue weighted by atomic mass is 16.3. The van der Waals surface area contributed by atoms with E-state index < -0.39 is 0 Å². The van der Waals surface area contributed by atoms with E-state index in [1.54, 1.807) is 12.1 Å². The average Bonchev–Trinajstić information content (AvgIpc) is 2.88. The molecule has 0 bridgehead atoms. The third-order valence-electron chi connectivity index (χ3n) is 2.83. The van der Waals surface area contributed by atoms with Crippen LogP contribution in [-0.4, -0.2) is 5.78 Å². The van der Waals surface area contributed by atoms with Crippen molar-refractivity contribution in [2.45, 2.75) is 32.2 Å². The van der Waals surface area contributed by atoms with Crippen molar-refractivity contribution < 1.29 is 9.21 Å². The maximum atomic E-state index is 11.8. The lowest BCUT2D eigenvalue weighted by atomic mass is 10.0. The smallest absolute Gasteiger partial charge is 0.201 e. The second-order valence-electron chi connectivity index (χ2n) is 3.82. The summed E-state index contributed by atoms with van der Waals surface area (Å²) in [4.78, 5) is 11.8. The Balaban J connectivity index is 2.09. The van der Waals surface area contributed by atoms with Crippen LogP contribution in [0.3, 0.4) is 0 Å². The summed E-state index contributed by atoms with van der Waals surface area (Å²) in [5.41, 5.74) is 5.41. The topological polar surface area (TPSA) is 56.2 Å². The molecule has 1 heterocycles. The minimum absolute atomic E-state index is 0.155. The molecule has 14 heavy (non-hydrogen) atoms. The number of Topliss-reactive ketones (excluding diaryl/α,β-unsaturated/α-hetero) is 1. The third kappa shape index (κ3) is 1.73. The zero-order valence-corrected chi connectivity index (χ0v) is 8.16. The molecule has 1 aliphatic carbocycles. The quantitative estimate of drug-likeness (QED) is 0.748. The van der Waals surface area contributed by atoms with E-state index >= 15 is 0 Å². The zero-order valence-electron chi connectivity index (χ0n) is 8.16. The van der Waals surface area contributed by atoms with E-state index in [9.17, 15) is 4.79 Å². The van der Waals surface area contributed by atoms with Crippen LogP contribution in [-0.2, 0) is 6.54 Å². The number of carbonyl (C=O) groups excluding carboxylic acids is 1. The average molecular weight is 193 g/mol. The molecule has 3 nitrogen and oxygen atoms in total. The standard InChI is InChI=1S/C11H15NO2/c12-7-9-5-6-10(14-9)11(13)8-3-1-2-4-8/h5-6,8H,1-4,7,12H2. The molecule has 2 rings (SSSR count). The Kier molecular flexibility index (Phi) is 2.68. The van der Waals surface area contributed by atoms with E-state index in [2.05, 4.69) is 0 Å². The lowest BCUT2D eigenvalue weighted by Crippen LogP contribution is -2.09. The summed E-state index contributed by atoms with van der Waals surface area (Å²) in [6.45, 7) is 0.359. The molecule has 0 unspecified atom stereocenters. The van der Waals surface area contributed by atoms with E-state index in [0.717, 1.165) is 12.8 Å². The molecule has 0 aromatic carbocycles. The maximum Gasteiger partial charge on any atom is 0.201 e. The normalized spacial score (nSPS) is 17.5. The fourth-order valence-electron chi connectivity index (χ4n) is 2.01. The molecular weight excluding hydrogens is 178 g/mol. The first kappa shape index (κ1) is 9.46. The lowest BCUT2D eigenvalue weighted by Gasteiger charge is -2.03. The van der Waals surface area contributed by atoms with E-state index in [1.807, 2.05) is 0 Å². The predicted molar refractivity (Wildman–Crippen MR) is 52.9 cm³/mol. The number of hydrogen-bond donors (Lipinski definition) is 1. The molecule has 0 amide bonds. The summed E-state index contributed by atoms with van der Waals surface area (Å²) < 4.78 is 5.33. The van der Waals surface area contributed by atoms with Gasteiger partial charge in [-0.1, -0.05) is 12.8 Å². The molecule has 0 saturated heterocycles. The van der Waals surface area contributed by atoms with Gasteiger partial charge in [0.05, 0.1) is 6.54 Å². The van der Waals surface area contributed by atoms with Crippen LogP contribution in [0.2, 0.25) is 0 Å². The predicted octanol–water partition coefficient (Wildman–Crippen LogP) is 2.11. The molecule has 0 aliphatic heterocycles. The van der Waals surface area contributed by atoms with Crippen LogP contribution in [0.25, 0.3) is 0 Å². The first-order valence-electron chi connectivity index (χ1n) is 5.14. The first-order chi connectivity index (χ1) is 6.81. The van der Waals surface area contributed by atoms with E-state index in [1.165, 1.54) is 12.8 Å². The fourth-order valence-corrected chi connectivity index (χ4v) is 2.01. The molecular formula is C11H15NO2. The molecule has 3 heteroatoms. The van der Waals surface area contributed by atoms with Gasteiger partial charge >= 0.3 is 0 Å². The van der Waals surface area contributed by atoms with Gasteiger partial charge in [-0.15, -0.1) is 0 Å². The summed E-state index contributed by atoms with van der Waals surface area (Å²) in [5, 5.41) is 0. The van der Waals surface area contributed by atoms with Gasteiger partial charge in [0.15, 0.2) is 5.76 Å². The molecule has 1 aromatic rings. The largest absolute Gasteiger partial charge is 0.457 e. The highest BCUT2D eigenvalue weighted by Gasteiger charge is 2.25. The van der Waals surface area contributed by atoms with Crippen molar-refractivity contribution >= 4 is 5.78 Å². The molecule has 1 aromatic heterocycles. The van der Waals surface area contributed by atoms with E-state index in [4.69, 9.17) is 10.2 Å². The molecule has 1 fully saturated rings. The van der Waals surface area contributed by atoms with E-state index in [0.29, 0.717) is 18.1 Å². The minimum Gasteiger partial charge on any atom is -0.457 e. The molecule has 76 valence electrons. The van der Waals surface area contributed by atoms with Crippen molar-refractivity contribution in [3.8, 4) is 0 Å². The van der Waals surface area contributed by atoms with Gasteiger partial charge < -0.3 is 10.2 Å². The number of furan rings is 1. The van der Waals surface area contributed by atoms with Crippen molar-refractivity contribution in [1.82, 2.24) is 0 Å². The molecule has 1 aliphatic rings. The second-order valence-corrected chi connectivity index (χ2v) is 3.82. The van der Waals surface area contributed by atoms with Crippen LogP contribution in [0.1, 0.15) is 42.0 Å². The number of ketones is 1.